The number of rotatable bonds is 8. The molecule has 7 nitrogen and oxygen atoms in total. The van der Waals surface area contributed by atoms with Crippen molar-refractivity contribution in [1.82, 2.24) is 0 Å². The summed E-state index contributed by atoms with van der Waals surface area (Å²) < 4.78 is 100. The summed E-state index contributed by atoms with van der Waals surface area (Å²) >= 11 is 0. The summed E-state index contributed by atoms with van der Waals surface area (Å²) in [4.78, 5) is 35.4. The maximum Gasteiger partial charge on any atom is 0.420 e. The van der Waals surface area contributed by atoms with Crippen LogP contribution in [0.1, 0.15) is 35.3 Å². The third-order valence-electron chi connectivity index (χ3n) is 4.32. The molecule has 2 aromatic rings. The predicted molar refractivity (Wildman–Crippen MR) is 119 cm³/mol. The lowest BCUT2D eigenvalue weighted by Gasteiger charge is -2.16. The van der Waals surface area contributed by atoms with E-state index in [1.807, 2.05) is 0 Å². The van der Waals surface area contributed by atoms with Crippen LogP contribution in [-0.4, -0.2) is 17.9 Å². The average molecular weight is 544 g/mol. The van der Waals surface area contributed by atoms with Gasteiger partial charge < -0.3 is 18.9 Å². The third kappa shape index (κ3) is 7.98. The van der Waals surface area contributed by atoms with Crippen molar-refractivity contribution in [2.45, 2.75) is 26.2 Å². The number of ether oxygens (including phenoxy) is 4. The molecule has 2 aromatic carbocycles. The predicted octanol–water partition coefficient (Wildman–Crippen LogP) is 6.39. The summed E-state index contributed by atoms with van der Waals surface area (Å²) in [5.74, 6) is -5.71. The molecule has 13 heteroatoms. The van der Waals surface area contributed by atoms with E-state index < -0.39 is 64.2 Å². The number of carbonyl (C=O) groups is 3. The standard InChI is InChI=1S/C25H18F6O7/c1-13(2)21(32)36-10-9-35-15-5-7-17(18(11-15)24(26,27)28)23(34)37-16-6-8-20(38-22(33)14(3)4)19(12-16)25(29,30)31/h5-12H,1,3H2,2,4H3/b10-9-. The Hall–Kier alpha value is -4.55. The first kappa shape index (κ1) is 29.7. The van der Waals surface area contributed by atoms with Crippen molar-refractivity contribution >= 4 is 17.9 Å². The van der Waals surface area contributed by atoms with Gasteiger partial charge in [0.15, 0.2) is 0 Å². The maximum absolute atomic E-state index is 13.6. The SMILES string of the molecule is C=C(C)C(=O)O/C=C\Oc1ccc(C(=O)Oc2ccc(OC(=O)C(=C)C)c(C(F)(F)F)c2)c(C(F)(F)F)c1. The quantitative estimate of drug-likeness (QED) is 0.125. The topological polar surface area (TPSA) is 88.1 Å². The minimum Gasteiger partial charge on any atom is -0.462 e. The van der Waals surface area contributed by atoms with E-state index in [9.17, 15) is 40.7 Å². The fourth-order valence-corrected chi connectivity index (χ4v) is 2.54. The van der Waals surface area contributed by atoms with Crippen molar-refractivity contribution in [3.05, 3.63) is 89.9 Å². The number of carbonyl (C=O) groups excluding carboxylic acids is 3. The van der Waals surface area contributed by atoms with Gasteiger partial charge in [0.1, 0.15) is 35.3 Å². The molecule has 2 rings (SSSR count). The van der Waals surface area contributed by atoms with Crippen molar-refractivity contribution in [3.63, 3.8) is 0 Å². The Bertz CT molecular complexity index is 1310. The molecule has 0 aliphatic heterocycles. The molecule has 0 aliphatic rings. The third-order valence-corrected chi connectivity index (χ3v) is 4.32. The first-order valence-electron chi connectivity index (χ1n) is 10.2. The van der Waals surface area contributed by atoms with Gasteiger partial charge in [0.05, 0.1) is 11.1 Å². The number of halogens is 6. The monoisotopic (exact) mass is 544 g/mol. The Balaban J connectivity index is 2.33. The van der Waals surface area contributed by atoms with Crippen LogP contribution in [-0.2, 0) is 26.7 Å². The van der Waals surface area contributed by atoms with Crippen LogP contribution in [0, 0.1) is 0 Å². The van der Waals surface area contributed by atoms with Gasteiger partial charge >= 0.3 is 30.3 Å². The van der Waals surface area contributed by atoms with Crippen LogP contribution in [0.4, 0.5) is 26.3 Å². The van der Waals surface area contributed by atoms with E-state index in [2.05, 4.69) is 22.6 Å². The molecular formula is C25H18F6O7. The molecule has 0 unspecified atom stereocenters. The van der Waals surface area contributed by atoms with E-state index in [1.54, 1.807) is 0 Å². The summed E-state index contributed by atoms with van der Waals surface area (Å²) in [5, 5.41) is 0. The number of benzene rings is 2. The Morgan fingerprint density at radius 3 is 1.84 bits per heavy atom. The van der Waals surface area contributed by atoms with Crippen LogP contribution in [0.5, 0.6) is 17.2 Å². The van der Waals surface area contributed by atoms with Crippen LogP contribution in [0.15, 0.2) is 73.2 Å². The minimum absolute atomic E-state index is 0.0572. The van der Waals surface area contributed by atoms with Gasteiger partial charge in [0, 0.05) is 11.1 Å². The summed E-state index contributed by atoms with van der Waals surface area (Å²) in [5.41, 5.74) is -4.20. The lowest BCUT2D eigenvalue weighted by Crippen LogP contribution is -2.18. The molecule has 0 amide bonds. The fourth-order valence-electron chi connectivity index (χ4n) is 2.54. The summed E-state index contributed by atoms with van der Waals surface area (Å²) in [6.45, 7) is 9.14. The number of esters is 3. The van der Waals surface area contributed by atoms with Gasteiger partial charge in [-0.1, -0.05) is 13.2 Å². The summed E-state index contributed by atoms with van der Waals surface area (Å²) in [7, 11) is 0. The Morgan fingerprint density at radius 1 is 0.737 bits per heavy atom. The zero-order valence-corrected chi connectivity index (χ0v) is 19.7. The van der Waals surface area contributed by atoms with Gasteiger partial charge in [-0.15, -0.1) is 0 Å². The smallest absolute Gasteiger partial charge is 0.420 e. The van der Waals surface area contributed by atoms with Gasteiger partial charge in [-0.3, -0.25) is 0 Å². The van der Waals surface area contributed by atoms with E-state index in [0.29, 0.717) is 24.3 Å². The van der Waals surface area contributed by atoms with Crippen LogP contribution >= 0.6 is 0 Å². The van der Waals surface area contributed by atoms with E-state index >= 15 is 0 Å². The lowest BCUT2D eigenvalue weighted by atomic mass is 10.1. The molecule has 0 N–H and O–H groups in total. The zero-order valence-electron chi connectivity index (χ0n) is 19.7. The minimum atomic E-state index is -5.10. The highest BCUT2D eigenvalue weighted by Gasteiger charge is 2.38. The number of alkyl halides is 6. The second-order valence-corrected chi connectivity index (χ2v) is 7.50. The Kier molecular flexibility index (Phi) is 9.11. The van der Waals surface area contributed by atoms with Crippen molar-refractivity contribution in [2.24, 2.45) is 0 Å². The highest BCUT2D eigenvalue weighted by Crippen LogP contribution is 2.39. The van der Waals surface area contributed by atoms with Gasteiger partial charge in [-0.2, -0.15) is 26.3 Å². The normalized spacial score (nSPS) is 11.6. The molecule has 0 bridgehead atoms. The molecule has 38 heavy (non-hydrogen) atoms. The maximum atomic E-state index is 13.6. The number of hydrogen-bond donors (Lipinski definition) is 0. The fraction of sp³-hybridized carbons (Fsp3) is 0.160. The largest absolute Gasteiger partial charge is 0.462 e. The molecular weight excluding hydrogens is 526 g/mol. The second-order valence-electron chi connectivity index (χ2n) is 7.50. The van der Waals surface area contributed by atoms with Gasteiger partial charge in [0.25, 0.3) is 0 Å². The molecule has 0 saturated carbocycles. The highest BCUT2D eigenvalue weighted by atomic mass is 19.4. The molecule has 0 fully saturated rings. The van der Waals surface area contributed by atoms with Gasteiger partial charge in [-0.05, 0) is 50.2 Å². The summed E-state index contributed by atoms with van der Waals surface area (Å²) in [6.07, 6.45) is -8.66. The van der Waals surface area contributed by atoms with Crippen molar-refractivity contribution in [2.75, 3.05) is 0 Å². The average Bonchev–Trinajstić information content (AvgIpc) is 2.81. The molecule has 0 radical (unpaired) electrons. The first-order valence-corrected chi connectivity index (χ1v) is 10.2. The van der Waals surface area contributed by atoms with E-state index in [-0.39, 0.29) is 11.1 Å². The Labute approximate surface area is 211 Å². The van der Waals surface area contributed by atoms with Gasteiger partial charge in [0.2, 0.25) is 0 Å². The molecule has 202 valence electrons. The first-order chi connectivity index (χ1) is 17.5. The molecule has 0 heterocycles. The summed E-state index contributed by atoms with van der Waals surface area (Å²) in [6, 6.07) is 3.82. The van der Waals surface area contributed by atoms with Crippen LogP contribution in [0.2, 0.25) is 0 Å². The van der Waals surface area contributed by atoms with E-state index in [4.69, 9.17) is 9.47 Å². The molecule has 0 spiro atoms. The molecule has 0 saturated heterocycles. The van der Waals surface area contributed by atoms with Crippen LogP contribution in [0.25, 0.3) is 0 Å². The van der Waals surface area contributed by atoms with Crippen molar-refractivity contribution < 1.29 is 59.7 Å². The van der Waals surface area contributed by atoms with Crippen molar-refractivity contribution in [1.29, 1.82) is 0 Å². The molecule has 0 aliphatic carbocycles. The van der Waals surface area contributed by atoms with Crippen LogP contribution < -0.4 is 14.2 Å². The highest BCUT2D eigenvalue weighted by molar-refractivity contribution is 5.93. The van der Waals surface area contributed by atoms with Gasteiger partial charge in [-0.25, -0.2) is 14.4 Å². The van der Waals surface area contributed by atoms with Crippen LogP contribution in [0.3, 0.4) is 0 Å². The number of hydrogen-bond acceptors (Lipinski definition) is 7. The second kappa shape index (κ2) is 11.7. The molecule has 0 aromatic heterocycles. The lowest BCUT2D eigenvalue weighted by molar-refractivity contribution is -0.141. The van der Waals surface area contributed by atoms with Crippen molar-refractivity contribution in [3.8, 4) is 17.2 Å². The molecule has 0 atom stereocenters. The Morgan fingerprint density at radius 2 is 1.29 bits per heavy atom. The van der Waals surface area contributed by atoms with E-state index in [1.165, 1.54) is 13.8 Å². The van der Waals surface area contributed by atoms with E-state index in [0.717, 1.165) is 24.7 Å². The zero-order chi connectivity index (χ0) is 28.8.